The van der Waals surface area contributed by atoms with Crippen LogP contribution < -0.4 is 0 Å². The Morgan fingerprint density at radius 2 is 2.04 bits per heavy atom. The van der Waals surface area contributed by atoms with Crippen LogP contribution in [-0.2, 0) is 33.4 Å². The van der Waals surface area contributed by atoms with E-state index >= 15 is 0 Å². The lowest BCUT2D eigenvalue weighted by Gasteiger charge is -2.43. The first-order valence-electron chi connectivity index (χ1n) is 8.24. The van der Waals surface area contributed by atoms with E-state index in [9.17, 15) is 18.0 Å². The van der Waals surface area contributed by atoms with Crippen LogP contribution in [0.4, 0.5) is 0 Å². The molecule has 0 radical (unpaired) electrons. The maximum absolute atomic E-state index is 12.0. The molecule has 0 aromatic carbocycles. The molecule has 4 rings (SSSR count). The lowest BCUT2D eigenvalue weighted by molar-refractivity contribution is -0.167. The van der Waals surface area contributed by atoms with Gasteiger partial charge in [0.05, 0.1) is 11.9 Å². The van der Waals surface area contributed by atoms with Gasteiger partial charge in [-0.25, -0.2) is 4.79 Å². The van der Waals surface area contributed by atoms with Gasteiger partial charge in [0.15, 0.2) is 0 Å². The highest BCUT2D eigenvalue weighted by Gasteiger charge is 2.61. The van der Waals surface area contributed by atoms with Crippen LogP contribution in [0.5, 0.6) is 0 Å². The number of fused-ring (bicyclic) bond motifs is 1. The van der Waals surface area contributed by atoms with Crippen LogP contribution in [0.15, 0.2) is 12.2 Å². The summed E-state index contributed by atoms with van der Waals surface area (Å²) in [4.78, 5) is 23.2. The van der Waals surface area contributed by atoms with Crippen LogP contribution in [0.3, 0.4) is 0 Å². The first-order valence-corrected chi connectivity index (χ1v) is 9.71. The average molecular weight is 358 g/mol. The number of hydrogen-bond acceptors (Lipinski definition) is 7. The summed E-state index contributed by atoms with van der Waals surface area (Å²) in [6, 6.07) is 0. The molecular weight excluding hydrogens is 336 g/mol. The average Bonchev–Trinajstić information content (AvgIpc) is 2.75. The van der Waals surface area contributed by atoms with Crippen molar-refractivity contribution in [3.63, 3.8) is 0 Å². The van der Waals surface area contributed by atoms with E-state index in [4.69, 9.17) is 13.7 Å². The van der Waals surface area contributed by atoms with Crippen molar-refractivity contribution in [2.45, 2.75) is 56.5 Å². The number of rotatable bonds is 6. The Kier molecular flexibility index (Phi) is 4.70. The molecule has 0 aromatic rings. The van der Waals surface area contributed by atoms with Crippen molar-refractivity contribution in [1.82, 2.24) is 0 Å². The molecule has 3 aliphatic carbocycles. The van der Waals surface area contributed by atoms with Crippen LogP contribution in [0.25, 0.3) is 0 Å². The van der Waals surface area contributed by atoms with Crippen LogP contribution in [0, 0.1) is 11.8 Å². The number of carbonyl (C=O) groups excluding carboxylic acids is 2. The van der Waals surface area contributed by atoms with Gasteiger partial charge in [-0.3, -0.25) is 8.98 Å². The third kappa shape index (κ3) is 3.21. The summed E-state index contributed by atoms with van der Waals surface area (Å²) in [6.07, 6.45) is 1.64. The molecule has 24 heavy (non-hydrogen) atoms. The SMILES string of the molecule is C=C(C)C(=O)OCCCC(=O)OC1C2CCC3C1OS(=O)(=O)C3C2. The first-order chi connectivity index (χ1) is 11.3. The van der Waals surface area contributed by atoms with Gasteiger partial charge in [-0.2, -0.15) is 8.42 Å². The van der Waals surface area contributed by atoms with Crippen LogP contribution in [0.1, 0.15) is 39.0 Å². The zero-order chi connectivity index (χ0) is 17.5. The van der Waals surface area contributed by atoms with E-state index in [0.29, 0.717) is 18.4 Å². The molecule has 4 bridgehead atoms. The largest absolute Gasteiger partial charge is 0.462 e. The van der Waals surface area contributed by atoms with Crippen molar-refractivity contribution in [2.24, 2.45) is 11.8 Å². The summed E-state index contributed by atoms with van der Waals surface area (Å²) in [7, 11) is -3.52. The maximum Gasteiger partial charge on any atom is 0.333 e. The molecule has 4 fully saturated rings. The summed E-state index contributed by atoms with van der Waals surface area (Å²) < 4.78 is 39.6. The minimum absolute atomic E-state index is 0.0486. The van der Waals surface area contributed by atoms with Gasteiger partial charge < -0.3 is 9.47 Å². The molecule has 0 amide bonds. The van der Waals surface area contributed by atoms with Crippen LogP contribution in [0.2, 0.25) is 0 Å². The molecule has 0 aromatic heterocycles. The molecule has 5 atom stereocenters. The van der Waals surface area contributed by atoms with Crippen molar-refractivity contribution >= 4 is 22.1 Å². The van der Waals surface area contributed by atoms with Crippen LogP contribution >= 0.6 is 0 Å². The molecule has 1 saturated heterocycles. The van der Waals surface area contributed by atoms with Crippen molar-refractivity contribution in [2.75, 3.05) is 6.61 Å². The Balaban J connectivity index is 1.49. The first kappa shape index (κ1) is 17.4. The fourth-order valence-electron chi connectivity index (χ4n) is 3.93. The number of esters is 2. The lowest BCUT2D eigenvalue weighted by Crippen LogP contribution is -2.51. The smallest absolute Gasteiger partial charge is 0.333 e. The Bertz CT molecular complexity index is 653. The Morgan fingerprint density at radius 1 is 1.29 bits per heavy atom. The number of hydrogen-bond donors (Lipinski definition) is 0. The molecule has 8 heteroatoms. The quantitative estimate of drug-likeness (QED) is 0.306. The standard InChI is InChI=1S/C16H22O7S/c1-9(2)16(18)21-7-3-4-13(17)22-14-10-5-6-11-12(8-10)24(19,20)23-15(11)14/h10-12,14-15H,1,3-8H2,2H3. The monoisotopic (exact) mass is 358 g/mol. The van der Waals surface area contributed by atoms with Crippen molar-refractivity contribution < 1.29 is 31.7 Å². The molecule has 1 aliphatic heterocycles. The van der Waals surface area contributed by atoms with Gasteiger partial charge in [-0.05, 0) is 38.5 Å². The fourth-order valence-corrected chi connectivity index (χ4v) is 5.84. The second-order valence-corrected chi connectivity index (χ2v) is 8.59. The van der Waals surface area contributed by atoms with Gasteiger partial charge in [0.25, 0.3) is 10.1 Å². The van der Waals surface area contributed by atoms with E-state index in [2.05, 4.69) is 6.58 Å². The molecule has 7 nitrogen and oxygen atoms in total. The van der Waals surface area contributed by atoms with Crippen molar-refractivity contribution in [3.8, 4) is 0 Å². The van der Waals surface area contributed by atoms with Gasteiger partial charge >= 0.3 is 11.9 Å². The highest BCUT2D eigenvalue weighted by molar-refractivity contribution is 7.87. The Hall–Kier alpha value is -1.41. The molecular formula is C16H22O7S. The lowest BCUT2D eigenvalue weighted by atomic mass is 9.67. The van der Waals surface area contributed by atoms with Crippen molar-refractivity contribution in [1.29, 1.82) is 0 Å². The zero-order valence-corrected chi connectivity index (χ0v) is 14.4. The molecule has 134 valence electrons. The zero-order valence-electron chi connectivity index (χ0n) is 13.6. The minimum Gasteiger partial charge on any atom is -0.462 e. The third-order valence-electron chi connectivity index (χ3n) is 5.08. The van der Waals surface area contributed by atoms with E-state index in [-0.39, 0.29) is 24.9 Å². The highest BCUT2D eigenvalue weighted by atomic mass is 32.2. The Labute approximate surface area is 141 Å². The third-order valence-corrected chi connectivity index (χ3v) is 6.86. The number of carbonyl (C=O) groups is 2. The second-order valence-electron chi connectivity index (χ2n) is 6.80. The topological polar surface area (TPSA) is 96.0 Å². The maximum atomic E-state index is 12.0. The van der Waals surface area contributed by atoms with Gasteiger partial charge in [-0.1, -0.05) is 6.58 Å². The minimum atomic E-state index is -3.52. The molecule has 1 heterocycles. The molecule has 5 unspecified atom stereocenters. The van der Waals surface area contributed by atoms with E-state index in [1.54, 1.807) is 6.92 Å². The van der Waals surface area contributed by atoms with Crippen molar-refractivity contribution in [3.05, 3.63) is 12.2 Å². The highest BCUT2D eigenvalue weighted by Crippen LogP contribution is 2.52. The summed E-state index contributed by atoms with van der Waals surface area (Å²) >= 11 is 0. The summed E-state index contributed by atoms with van der Waals surface area (Å²) in [5.41, 5.74) is 0.310. The van der Waals surface area contributed by atoms with Gasteiger partial charge in [0, 0.05) is 17.9 Å². The molecule has 3 saturated carbocycles. The normalized spacial score (nSPS) is 35.5. The van der Waals surface area contributed by atoms with Gasteiger partial charge in [-0.15, -0.1) is 0 Å². The van der Waals surface area contributed by atoms with E-state index in [0.717, 1.165) is 12.8 Å². The molecule has 0 N–H and O–H groups in total. The molecule has 4 aliphatic rings. The molecule has 0 spiro atoms. The predicted octanol–water partition coefficient (Wildman–Crippen LogP) is 1.32. The van der Waals surface area contributed by atoms with E-state index < -0.39 is 39.5 Å². The summed E-state index contributed by atoms with van der Waals surface area (Å²) in [5, 5.41) is -0.433. The predicted molar refractivity (Wildman–Crippen MR) is 83.3 cm³/mol. The fraction of sp³-hybridized carbons (Fsp3) is 0.750. The number of ether oxygens (including phenoxy) is 2. The van der Waals surface area contributed by atoms with Crippen LogP contribution in [-0.4, -0.2) is 44.4 Å². The van der Waals surface area contributed by atoms with E-state index in [1.807, 2.05) is 0 Å². The summed E-state index contributed by atoms with van der Waals surface area (Å²) in [6.45, 7) is 5.14. The van der Waals surface area contributed by atoms with E-state index in [1.165, 1.54) is 0 Å². The van der Waals surface area contributed by atoms with Gasteiger partial charge in [0.1, 0.15) is 12.2 Å². The Morgan fingerprint density at radius 3 is 2.75 bits per heavy atom. The van der Waals surface area contributed by atoms with Gasteiger partial charge in [0.2, 0.25) is 0 Å². The second kappa shape index (κ2) is 6.48. The summed E-state index contributed by atoms with van der Waals surface area (Å²) in [5.74, 6) is -0.909.